The molecule has 0 aromatic rings. The summed E-state index contributed by atoms with van der Waals surface area (Å²) in [5.74, 6) is 4.22. The van der Waals surface area contributed by atoms with Gasteiger partial charge in [-0.25, -0.2) is 0 Å². The third kappa shape index (κ3) is 0.950. The smallest absolute Gasteiger partial charge is 0.0696 e. The molecule has 14 heavy (non-hydrogen) atoms. The van der Waals surface area contributed by atoms with Crippen LogP contribution in [0, 0.1) is 40.4 Å². The van der Waals surface area contributed by atoms with E-state index in [0.29, 0.717) is 0 Å². The minimum Gasteiger partial charge on any atom is -0.198 e. The van der Waals surface area contributed by atoms with Gasteiger partial charge in [-0.05, 0) is 62.2 Å². The van der Waals surface area contributed by atoms with E-state index in [4.69, 9.17) is 0 Å². The fourth-order valence-corrected chi connectivity index (χ4v) is 4.69. The quantitative estimate of drug-likeness (QED) is 0.619. The molecule has 4 rings (SSSR count). The number of rotatable bonds is 1. The lowest BCUT2D eigenvalue weighted by Gasteiger charge is -2.58. The highest BCUT2D eigenvalue weighted by atomic mass is 14.6. The second kappa shape index (κ2) is 2.75. The summed E-state index contributed by atoms with van der Waals surface area (Å²) < 4.78 is 0. The minimum absolute atomic E-state index is 0.0312. The van der Waals surface area contributed by atoms with Crippen LogP contribution in [0.1, 0.15) is 45.4 Å². The Kier molecular flexibility index (Phi) is 1.72. The summed E-state index contributed by atoms with van der Waals surface area (Å²) in [6.07, 6.45) is 7.78. The molecule has 4 bridgehead atoms. The van der Waals surface area contributed by atoms with Gasteiger partial charge in [0.1, 0.15) is 0 Å². The molecule has 0 amide bonds. The van der Waals surface area contributed by atoms with Crippen LogP contribution in [-0.2, 0) is 0 Å². The Labute approximate surface area is 86.5 Å². The SMILES string of the molecule is CC[C]1C2CC3CC(C2)CC1(C#N)C3. The molecule has 1 heteroatoms. The van der Waals surface area contributed by atoms with Crippen LogP contribution in [0.2, 0.25) is 0 Å². The molecule has 0 N–H and O–H groups in total. The number of nitrogens with zero attached hydrogens (tertiary/aromatic N) is 1. The van der Waals surface area contributed by atoms with Crippen LogP contribution in [0.4, 0.5) is 0 Å². The highest BCUT2D eigenvalue weighted by Gasteiger charge is 2.56. The Morgan fingerprint density at radius 2 is 1.93 bits per heavy atom. The first kappa shape index (κ1) is 8.77. The van der Waals surface area contributed by atoms with Crippen LogP contribution < -0.4 is 0 Å². The van der Waals surface area contributed by atoms with Gasteiger partial charge in [-0.15, -0.1) is 0 Å². The fourth-order valence-electron chi connectivity index (χ4n) is 4.69. The monoisotopic (exact) mass is 188 g/mol. The lowest BCUT2D eigenvalue weighted by Crippen LogP contribution is -2.50. The van der Waals surface area contributed by atoms with Crippen LogP contribution in [0.15, 0.2) is 0 Å². The molecule has 4 aliphatic carbocycles. The zero-order valence-electron chi connectivity index (χ0n) is 8.92. The molecule has 0 aliphatic heterocycles. The normalized spacial score (nSPS) is 50.7. The molecule has 0 saturated heterocycles. The average molecular weight is 188 g/mol. The molecule has 1 radical (unpaired) electrons. The molecule has 4 aliphatic rings. The molecule has 2 atom stereocenters. The van der Waals surface area contributed by atoms with Crippen LogP contribution in [0.25, 0.3) is 0 Å². The molecule has 75 valence electrons. The standard InChI is InChI=1S/C13H18N/c1-2-12-11-4-9-3-10(5-11)7-13(12,6-9)8-14/h9-11H,2-7H2,1H3. The summed E-state index contributed by atoms with van der Waals surface area (Å²) in [4.78, 5) is 0. The largest absolute Gasteiger partial charge is 0.198 e. The van der Waals surface area contributed by atoms with E-state index in [0.717, 1.165) is 24.2 Å². The fraction of sp³-hybridized carbons (Fsp3) is 0.846. The van der Waals surface area contributed by atoms with Crippen LogP contribution in [0.5, 0.6) is 0 Å². The van der Waals surface area contributed by atoms with Gasteiger partial charge < -0.3 is 0 Å². The molecule has 0 heterocycles. The van der Waals surface area contributed by atoms with Gasteiger partial charge in [0.2, 0.25) is 0 Å². The highest BCUT2D eigenvalue weighted by Crippen LogP contribution is 2.64. The molecular formula is C13H18N. The van der Waals surface area contributed by atoms with Gasteiger partial charge in [-0.2, -0.15) is 5.26 Å². The van der Waals surface area contributed by atoms with E-state index in [9.17, 15) is 5.26 Å². The number of hydrogen-bond acceptors (Lipinski definition) is 1. The Hall–Kier alpha value is -0.510. The van der Waals surface area contributed by atoms with Gasteiger partial charge >= 0.3 is 0 Å². The first-order valence-corrected chi connectivity index (χ1v) is 6.05. The summed E-state index contributed by atoms with van der Waals surface area (Å²) in [7, 11) is 0. The van der Waals surface area contributed by atoms with Crippen molar-refractivity contribution in [1.29, 1.82) is 5.26 Å². The van der Waals surface area contributed by atoms with Gasteiger partial charge in [0.15, 0.2) is 0 Å². The van der Waals surface area contributed by atoms with Crippen LogP contribution in [0.3, 0.4) is 0 Å². The molecule has 2 unspecified atom stereocenters. The Morgan fingerprint density at radius 1 is 1.29 bits per heavy atom. The van der Waals surface area contributed by atoms with Crippen molar-refractivity contribution in [3.8, 4) is 6.07 Å². The summed E-state index contributed by atoms with van der Waals surface area (Å²) >= 11 is 0. The molecule has 0 spiro atoms. The van der Waals surface area contributed by atoms with Crippen molar-refractivity contribution in [3.63, 3.8) is 0 Å². The van der Waals surface area contributed by atoms with Crippen molar-refractivity contribution in [2.75, 3.05) is 0 Å². The maximum atomic E-state index is 9.46. The van der Waals surface area contributed by atoms with Crippen molar-refractivity contribution in [2.24, 2.45) is 23.2 Å². The number of nitriles is 1. The number of hydrogen-bond donors (Lipinski definition) is 0. The van der Waals surface area contributed by atoms with E-state index in [1.807, 2.05) is 0 Å². The predicted molar refractivity (Wildman–Crippen MR) is 55.1 cm³/mol. The Bertz CT molecular complexity index is 274. The topological polar surface area (TPSA) is 23.8 Å². The van der Waals surface area contributed by atoms with Crippen molar-refractivity contribution in [3.05, 3.63) is 5.92 Å². The van der Waals surface area contributed by atoms with Crippen LogP contribution >= 0.6 is 0 Å². The zero-order chi connectivity index (χ0) is 9.76. The summed E-state index contributed by atoms with van der Waals surface area (Å²) in [5.41, 5.74) is 0.0312. The molecule has 4 saturated carbocycles. The van der Waals surface area contributed by atoms with Crippen molar-refractivity contribution >= 4 is 0 Å². The molecule has 0 aromatic carbocycles. The van der Waals surface area contributed by atoms with Crippen molar-refractivity contribution in [1.82, 2.24) is 0 Å². The van der Waals surface area contributed by atoms with Crippen LogP contribution in [-0.4, -0.2) is 0 Å². The van der Waals surface area contributed by atoms with E-state index in [1.54, 1.807) is 5.92 Å². The maximum absolute atomic E-state index is 9.46. The predicted octanol–water partition coefficient (Wildman–Crippen LogP) is 3.32. The third-order valence-electron chi connectivity index (χ3n) is 4.88. The molecule has 0 aromatic heterocycles. The Balaban J connectivity index is 1.99. The van der Waals surface area contributed by atoms with E-state index in [-0.39, 0.29) is 5.41 Å². The first-order chi connectivity index (χ1) is 6.77. The molecule has 4 fully saturated rings. The van der Waals surface area contributed by atoms with E-state index in [2.05, 4.69) is 13.0 Å². The second-order valence-electron chi connectivity index (χ2n) is 5.62. The average Bonchev–Trinajstić information content (AvgIpc) is 2.16. The Morgan fingerprint density at radius 3 is 2.43 bits per heavy atom. The first-order valence-electron chi connectivity index (χ1n) is 6.05. The van der Waals surface area contributed by atoms with Gasteiger partial charge in [0.05, 0.1) is 11.5 Å². The van der Waals surface area contributed by atoms with Gasteiger partial charge in [0.25, 0.3) is 0 Å². The van der Waals surface area contributed by atoms with Gasteiger partial charge in [-0.3, -0.25) is 0 Å². The summed E-state index contributed by atoms with van der Waals surface area (Å²) in [6.45, 7) is 2.25. The maximum Gasteiger partial charge on any atom is 0.0696 e. The molecule has 1 nitrogen and oxygen atoms in total. The summed E-state index contributed by atoms with van der Waals surface area (Å²) in [6, 6.07) is 2.67. The lowest BCUT2D eigenvalue weighted by atomic mass is 9.45. The lowest BCUT2D eigenvalue weighted by molar-refractivity contribution is 0.00135. The van der Waals surface area contributed by atoms with Gasteiger partial charge in [0, 0.05) is 0 Å². The van der Waals surface area contributed by atoms with Crippen molar-refractivity contribution in [2.45, 2.75) is 45.4 Å². The van der Waals surface area contributed by atoms with E-state index >= 15 is 0 Å². The zero-order valence-corrected chi connectivity index (χ0v) is 8.92. The van der Waals surface area contributed by atoms with E-state index in [1.165, 1.54) is 32.1 Å². The summed E-state index contributed by atoms with van der Waals surface area (Å²) in [5, 5.41) is 9.46. The van der Waals surface area contributed by atoms with E-state index < -0.39 is 0 Å². The van der Waals surface area contributed by atoms with Gasteiger partial charge in [-0.1, -0.05) is 6.92 Å². The second-order valence-corrected chi connectivity index (χ2v) is 5.62. The van der Waals surface area contributed by atoms with Crippen molar-refractivity contribution < 1.29 is 0 Å². The minimum atomic E-state index is 0.0312. The third-order valence-corrected chi connectivity index (χ3v) is 4.88. The highest BCUT2D eigenvalue weighted by molar-refractivity contribution is 5.27. The molecular weight excluding hydrogens is 170 g/mol.